The maximum Gasteiger partial charge on any atom is -0.0101 e. The van der Waals surface area contributed by atoms with Crippen LogP contribution >= 0.6 is 0 Å². The van der Waals surface area contributed by atoms with Gasteiger partial charge in [-0.2, -0.15) is 0 Å². The van der Waals surface area contributed by atoms with E-state index in [2.05, 4.69) is 76.2 Å². The first-order valence-electron chi connectivity index (χ1n) is 16.1. The molecule has 38 heavy (non-hydrogen) atoms. The Morgan fingerprint density at radius 1 is 0.342 bits per heavy atom. The van der Waals surface area contributed by atoms with Crippen molar-refractivity contribution in [2.24, 2.45) is 0 Å². The predicted molar refractivity (Wildman–Crippen MR) is 172 cm³/mol. The highest BCUT2D eigenvalue weighted by Crippen LogP contribution is 2.43. The number of hydrogen-bond donors (Lipinski definition) is 0. The summed E-state index contributed by atoms with van der Waals surface area (Å²) in [4.78, 5) is 0. The van der Waals surface area contributed by atoms with Crippen molar-refractivity contribution in [3.05, 3.63) is 70.8 Å². The third-order valence-corrected chi connectivity index (χ3v) is 8.73. The normalized spacial score (nSPS) is 11.8. The van der Waals surface area contributed by atoms with Gasteiger partial charge in [-0.3, -0.25) is 0 Å². The fourth-order valence-electron chi connectivity index (χ4n) is 6.77. The lowest BCUT2D eigenvalue weighted by Crippen LogP contribution is -2.05. The summed E-state index contributed by atoms with van der Waals surface area (Å²) in [7, 11) is 0. The summed E-state index contributed by atoms with van der Waals surface area (Å²) in [5.74, 6) is 0. The van der Waals surface area contributed by atoms with Crippen LogP contribution in [0.3, 0.4) is 0 Å². The summed E-state index contributed by atoms with van der Waals surface area (Å²) in [5, 5.41) is 9.46. The van der Waals surface area contributed by atoms with Crippen molar-refractivity contribution >= 4 is 32.3 Å². The van der Waals surface area contributed by atoms with Crippen molar-refractivity contribution in [1.82, 2.24) is 0 Å². The highest BCUT2D eigenvalue weighted by Gasteiger charge is 2.22. The van der Waals surface area contributed by atoms with E-state index < -0.39 is 0 Å². The molecule has 0 saturated heterocycles. The van der Waals surface area contributed by atoms with Crippen LogP contribution in [-0.2, 0) is 25.7 Å². The molecular formula is C38H52. The molecule has 0 atom stereocenters. The minimum atomic E-state index is 1.20. The van der Waals surface area contributed by atoms with E-state index in [1.807, 2.05) is 0 Å². The maximum atomic E-state index is 2.45. The van der Waals surface area contributed by atoms with Gasteiger partial charge in [-0.05, 0) is 106 Å². The molecule has 0 spiro atoms. The molecule has 0 aliphatic rings. The van der Waals surface area contributed by atoms with Crippen LogP contribution in [0.25, 0.3) is 32.3 Å². The van der Waals surface area contributed by atoms with Crippen LogP contribution in [-0.4, -0.2) is 0 Å². The third-order valence-electron chi connectivity index (χ3n) is 8.73. The van der Waals surface area contributed by atoms with E-state index in [4.69, 9.17) is 0 Å². The molecule has 4 aromatic carbocycles. The van der Waals surface area contributed by atoms with Gasteiger partial charge in [0.1, 0.15) is 0 Å². The van der Waals surface area contributed by atoms with E-state index >= 15 is 0 Å². The second-order valence-corrected chi connectivity index (χ2v) is 11.6. The van der Waals surface area contributed by atoms with E-state index in [9.17, 15) is 0 Å². The molecule has 0 N–H and O–H groups in total. The van der Waals surface area contributed by atoms with Gasteiger partial charge in [-0.1, -0.05) is 128 Å². The smallest absolute Gasteiger partial charge is 0.0101 e. The van der Waals surface area contributed by atoms with E-state index in [0.29, 0.717) is 0 Å². The minimum Gasteiger partial charge on any atom is -0.0654 e. The Morgan fingerprint density at radius 3 is 0.789 bits per heavy atom. The second-order valence-electron chi connectivity index (χ2n) is 11.6. The highest BCUT2D eigenvalue weighted by molar-refractivity contribution is 6.15. The number of fused-ring (bicyclic) bond motifs is 3. The molecule has 4 rings (SSSR count). The van der Waals surface area contributed by atoms with Crippen molar-refractivity contribution in [3.63, 3.8) is 0 Å². The standard InChI is InChI=1S/C38H52/c1-5-9-13-25-33-29-21-17-18-22-30(29)35(27-15-11-7-3)38-36(28-16-12-8-4)32-24-20-19-23-31(32)34(37(33)38)26-14-10-6-2/h17-24H,5-16,25-28H2,1-4H3. The number of benzene rings is 4. The Kier molecular flexibility index (Phi) is 11.1. The van der Waals surface area contributed by atoms with Gasteiger partial charge in [0.05, 0.1) is 0 Å². The van der Waals surface area contributed by atoms with Gasteiger partial charge in [-0.15, -0.1) is 0 Å². The highest BCUT2D eigenvalue weighted by atomic mass is 14.3. The Bertz CT molecular complexity index is 1110. The molecule has 0 amide bonds. The zero-order valence-corrected chi connectivity index (χ0v) is 24.9. The monoisotopic (exact) mass is 508 g/mol. The molecular weight excluding hydrogens is 456 g/mol. The Morgan fingerprint density at radius 2 is 0.579 bits per heavy atom. The molecule has 0 saturated carbocycles. The molecule has 4 aromatic rings. The molecule has 0 aliphatic carbocycles. The summed E-state index contributed by atoms with van der Waals surface area (Å²) in [6, 6.07) is 18.9. The van der Waals surface area contributed by atoms with Gasteiger partial charge >= 0.3 is 0 Å². The molecule has 0 bridgehead atoms. The fourth-order valence-corrected chi connectivity index (χ4v) is 6.77. The lowest BCUT2D eigenvalue weighted by Gasteiger charge is -2.25. The van der Waals surface area contributed by atoms with Crippen molar-refractivity contribution in [2.45, 2.75) is 130 Å². The summed E-state index contributed by atoms with van der Waals surface area (Å²) in [6.07, 6.45) is 20.3. The van der Waals surface area contributed by atoms with Crippen LogP contribution in [0.1, 0.15) is 127 Å². The van der Waals surface area contributed by atoms with Gasteiger partial charge in [0, 0.05) is 0 Å². The molecule has 0 heteroatoms. The van der Waals surface area contributed by atoms with Crippen LogP contribution in [0.2, 0.25) is 0 Å². The Labute approximate surface area is 233 Å². The summed E-state index contributed by atoms with van der Waals surface area (Å²) >= 11 is 0. The largest absolute Gasteiger partial charge is 0.0654 e. The second kappa shape index (κ2) is 14.7. The minimum absolute atomic E-state index is 1.20. The van der Waals surface area contributed by atoms with Crippen molar-refractivity contribution in [3.8, 4) is 0 Å². The summed E-state index contributed by atoms with van der Waals surface area (Å²) in [5.41, 5.74) is 6.60. The average molecular weight is 509 g/mol. The van der Waals surface area contributed by atoms with Crippen LogP contribution in [0.5, 0.6) is 0 Å². The number of rotatable bonds is 16. The molecule has 204 valence electrons. The number of aryl methyl sites for hydroxylation is 4. The van der Waals surface area contributed by atoms with Gasteiger partial charge in [0.2, 0.25) is 0 Å². The first-order valence-corrected chi connectivity index (χ1v) is 16.1. The Hall–Kier alpha value is -2.34. The zero-order chi connectivity index (χ0) is 26.7. The fraction of sp³-hybridized carbons (Fsp3) is 0.526. The van der Waals surface area contributed by atoms with Crippen LogP contribution in [0.4, 0.5) is 0 Å². The van der Waals surface area contributed by atoms with Gasteiger partial charge in [0.15, 0.2) is 0 Å². The van der Waals surface area contributed by atoms with E-state index in [1.54, 1.807) is 33.0 Å². The first kappa shape index (κ1) is 28.7. The predicted octanol–water partition coefficient (Wildman–Crippen LogP) is 12.1. The van der Waals surface area contributed by atoms with Crippen LogP contribution < -0.4 is 0 Å². The molecule has 0 fully saturated rings. The van der Waals surface area contributed by atoms with Crippen molar-refractivity contribution in [2.75, 3.05) is 0 Å². The lowest BCUT2D eigenvalue weighted by atomic mass is 9.79. The lowest BCUT2D eigenvalue weighted by molar-refractivity contribution is 0.712. The van der Waals surface area contributed by atoms with Crippen molar-refractivity contribution < 1.29 is 0 Å². The third kappa shape index (κ3) is 6.27. The molecule has 0 nitrogen and oxygen atoms in total. The van der Waals surface area contributed by atoms with Crippen LogP contribution in [0, 0.1) is 0 Å². The van der Waals surface area contributed by atoms with E-state index in [1.165, 1.54) is 124 Å². The van der Waals surface area contributed by atoms with Gasteiger partial charge in [0.25, 0.3) is 0 Å². The Balaban J connectivity index is 2.14. The number of unbranched alkanes of at least 4 members (excludes halogenated alkanes) is 8. The van der Waals surface area contributed by atoms with E-state index in [-0.39, 0.29) is 0 Å². The quantitative estimate of drug-likeness (QED) is 0.104. The van der Waals surface area contributed by atoms with Gasteiger partial charge in [-0.25, -0.2) is 0 Å². The van der Waals surface area contributed by atoms with Gasteiger partial charge < -0.3 is 0 Å². The van der Waals surface area contributed by atoms with Crippen LogP contribution in [0.15, 0.2) is 48.5 Å². The zero-order valence-electron chi connectivity index (χ0n) is 24.9. The van der Waals surface area contributed by atoms with E-state index in [0.717, 1.165) is 0 Å². The van der Waals surface area contributed by atoms with Crippen molar-refractivity contribution in [1.29, 1.82) is 0 Å². The molecule has 0 heterocycles. The molecule has 0 unspecified atom stereocenters. The summed E-state index contributed by atoms with van der Waals surface area (Å²) in [6.45, 7) is 9.34. The number of hydrogen-bond acceptors (Lipinski definition) is 0. The topological polar surface area (TPSA) is 0 Å². The molecule has 0 aromatic heterocycles. The SMILES string of the molecule is CCCCCc1c2ccccc2c(CCCCC)c2c(CCCCC)c3ccccc3c(CCCCC)c12. The first-order chi connectivity index (χ1) is 18.8. The molecule has 0 radical (unpaired) electrons. The maximum absolute atomic E-state index is 2.45. The average Bonchev–Trinajstić information content (AvgIpc) is 2.95. The molecule has 0 aliphatic heterocycles. The summed E-state index contributed by atoms with van der Waals surface area (Å²) < 4.78 is 0.